The van der Waals surface area contributed by atoms with Crippen LogP contribution < -0.4 is 0 Å². The van der Waals surface area contributed by atoms with E-state index in [1.807, 2.05) is 66.7 Å². The molecule has 29 rings (SSSR count). The lowest BCUT2D eigenvalue weighted by Crippen LogP contribution is -2.02. The minimum Gasteiger partial charge on any atom is -0.309 e. The largest absolute Gasteiger partial charge is 0.309 e. The summed E-state index contributed by atoms with van der Waals surface area (Å²) in [5.41, 5.74) is 23.7. The van der Waals surface area contributed by atoms with E-state index in [9.17, 15) is 0 Å². The van der Waals surface area contributed by atoms with E-state index in [4.69, 9.17) is 44.9 Å². The molecular weight excluding hydrogens is 1790 g/mol. The molecule has 0 fully saturated rings. The smallest absolute Gasteiger partial charge is 0.164 e. The topological polar surface area (TPSA) is 131 Å². The molecule has 0 spiro atoms. The Morgan fingerprint density at radius 2 is 0.415 bits per heavy atom. The van der Waals surface area contributed by atoms with E-state index in [1.54, 1.807) is 0 Å². The number of fused-ring (bicyclic) bond motifs is 15. The highest BCUT2D eigenvalue weighted by Crippen LogP contribution is 2.46. The highest BCUT2D eigenvalue weighted by molar-refractivity contribution is 6.17. The molecule has 147 heavy (non-hydrogen) atoms. The Balaban J connectivity index is 0.000000109. The summed E-state index contributed by atoms with van der Waals surface area (Å²) in [7, 11) is 0. The zero-order chi connectivity index (χ0) is 97.2. The average Bonchev–Trinajstić information content (AvgIpc) is 1.60. The van der Waals surface area contributed by atoms with Crippen LogP contribution in [-0.4, -0.2) is 58.6 Å². The van der Waals surface area contributed by atoms with Crippen molar-refractivity contribution in [3.63, 3.8) is 0 Å². The molecule has 0 amide bonds. The third-order valence-electron chi connectivity index (χ3n) is 28.2. The second-order valence-corrected chi connectivity index (χ2v) is 37.1. The van der Waals surface area contributed by atoms with Crippen LogP contribution in [0.15, 0.2) is 522 Å². The minimum absolute atomic E-state index is 0.631. The SMILES string of the molecule is c1ccc(-c2ccc3c(c2)c2ccccc2n3-c2cc(-c3nc(-c4ccccc4)nc(-c4ccc5ccccc5c4)n3)cc3ccccc23)cc1.c1ccc(-c2nc(-c3ccc4ccccc4c3)nc(-c3ccc4c(-n5c6ccccc6c6cccc(-c7ccccc7)c65)cccc4c3)n2)cc1.c1ccc(-c2nc(-c3ccc4ccccc4c3)nc(-c3cccc4cccc(-n5c6ccccc6c6ccccc65)c34)n2)cc1. The summed E-state index contributed by atoms with van der Waals surface area (Å²) in [5, 5.41) is 21.1. The fraction of sp³-hybridized carbons (Fsp3) is 0. The first-order valence-electron chi connectivity index (χ1n) is 49.5. The van der Waals surface area contributed by atoms with Crippen LogP contribution in [0.25, 0.3) is 272 Å². The third-order valence-corrected chi connectivity index (χ3v) is 28.2. The molecule has 0 saturated carbocycles. The van der Waals surface area contributed by atoms with Gasteiger partial charge in [-0.1, -0.05) is 437 Å². The second kappa shape index (κ2) is 36.9. The van der Waals surface area contributed by atoms with Crippen molar-refractivity contribution in [1.29, 1.82) is 0 Å². The molecule has 0 aliphatic carbocycles. The Hall–Kier alpha value is -20.0. The molecule has 0 aliphatic rings. The van der Waals surface area contributed by atoms with Crippen LogP contribution in [0, 0.1) is 0 Å². The Labute approximate surface area is 846 Å². The summed E-state index contributed by atoms with van der Waals surface area (Å²) in [5.74, 6) is 5.80. The van der Waals surface area contributed by atoms with Crippen molar-refractivity contribution in [2.24, 2.45) is 0 Å². The lowest BCUT2D eigenvalue weighted by Gasteiger charge is -2.15. The first kappa shape index (κ1) is 86.2. The molecule has 6 aromatic heterocycles. The monoisotopic (exact) mass is 1870 g/mol. The number of aromatic nitrogens is 12. The summed E-state index contributed by atoms with van der Waals surface area (Å²) in [4.78, 5) is 45.8. The third kappa shape index (κ3) is 15.9. The molecule has 12 heteroatoms. The van der Waals surface area contributed by atoms with E-state index < -0.39 is 0 Å². The van der Waals surface area contributed by atoms with Crippen molar-refractivity contribution < 1.29 is 0 Å². The van der Waals surface area contributed by atoms with Gasteiger partial charge in [0.15, 0.2) is 52.4 Å². The van der Waals surface area contributed by atoms with Crippen molar-refractivity contribution in [2.45, 2.75) is 0 Å². The summed E-state index contributed by atoms with van der Waals surface area (Å²) in [6, 6.07) is 183. The van der Waals surface area contributed by atoms with E-state index in [1.165, 1.54) is 92.8 Å². The standard InChI is InChI=1S/2C47H30N4.C41H26N4/c1-3-14-32(15-4-1)39-21-12-22-41-40-20-9-10-23-43(40)51(44(39)41)42-24-11-19-35-30-37(27-28-38(35)42)47-49-45(33-16-5-2-6-17-33)48-46(50-47)36-26-25-31-13-7-8-18-34(31)29-36;1-3-13-31(14-4-1)35-25-26-43-41(29-35)40-21-11-12-22-42(40)51(43)44-30-38(28-36-19-9-10-20-39(36)44)47-49-45(33-16-5-2-6-17-33)48-46(50-47)37-24-23-32-15-7-8-18-34(32)27-37;1-2-13-29(14-3-1)39-42-40(31-25-24-27-12-4-5-15-30(27)26-31)44-41(43-39)34-20-10-16-28-17-11-23-37(38(28)34)45-35-21-8-6-18-32(35)33-19-7-9-22-36(33)45/h2*1-30H;1-26H. The summed E-state index contributed by atoms with van der Waals surface area (Å²) in [6.45, 7) is 0. The van der Waals surface area contributed by atoms with Gasteiger partial charge in [-0.2, -0.15) is 0 Å². The Morgan fingerprint density at radius 3 is 0.898 bits per heavy atom. The zero-order valence-electron chi connectivity index (χ0n) is 79.5. The van der Waals surface area contributed by atoms with Crippen LogP contribution >= 0.6 is 0 Å². The van der Waals surface area contributed by atoms with E-state index in [-0.39, 0.29) is 0 Å². The van der Waals surface area contributed by atoms with Crippen LogP contribution in [0.2, 0.25) is 0 Å². The first-order valence-corrected chi connectivity index (χ1v) is 49.5. The number of para-hydroxylation sites is 5. The van der Waals surface area contributed by atoms with Gasteiger partial charge in [-0.15, -0.1) is 0 Å². The molecule has 12 nitrogen and oxygen atoms in total. The molecule has 0 N–H and O–H groups in total. The Morgan fingerprint density at radius 1 is 0.122 bits per heavy atom. The van der Waals surface area contributed by atoms with E-state index >= 15 is 0 Å². The number of rotatable bonds is 14. The van der Waals surface area contributed by atoms with Gasteiger partial charge in [-0.25, -0.2) is 44.9 Å². The number of benzene rings is 23. The van der Waals surface area contributed by atoms with Crippen LogP contribution in [-0.2, 0) is 0 Å². The lowest BCUT2D eigenvalue weighted by atomic mass is 10.0. The van der Waals surface area contributed by atoms with Crippen LogP contribution in [0.1, 0.15) is 0 Å². The molecule has 686 valence electrons. The molecule has 0 unspecified atom stereocenters. The van der Waals surface area contributed by atoms with Gasteiger partial charge < -0.3 is 13.7 Å². The average molecular weight is 1880 g/mol. The Kier molecular flexibility index (Phi) is 21.6. The first-order chi connectivity index (χ1) is 72.9. The van der Waals surface area contributed by atoms with Gasteiger partial charge in [0.05, 0.1) is 50.2 Å². The van der Waals surface area contributed by atoms with Gasteiger partial charge >= 0.3 is 0 Å². The fourth-order valence-electron chi connectivity index (χ4n) is 21.3. The minimum atomic E-state index is 0.631. The molecule has 0 saturated heterocycles. The molecule has 0 radical (unpaired) electrons. The molecule has 0 aliphatic heterocycles. The predicted octanol–water partition coefficient (Wildman–Crippen LogP) is 34.2. The maximum absolute atomic E-state index is 5.17. The van der Waals surface area contributed by atoms with Crippen molar-refractivity contribution in [2.75, 3.05) is 0 Å². The zero-order valence-corrected chi connectivity index (χ0v) is 79.5. The van der Waals surface area contributed by atoms with Crippen LogP contribution in [0.4, 0.5) is 0 Å². The maximum atomic E-state index is 5.17. The highest BCUT2D eigenvalue weighted by atomic mass is 15.1. The van der Waals surface area contributed by atoms with E-state index in [0.717, 1.165) is 127 Å². The number of hydrogen-bond donors (Lipinski definition) is 0. The number of hydrogen-bond acceptors (Lipinski definition) is 9. The summed E-state index contributed by atoms with van der Waals surface area (Å²) >= 11 is 0. The Bertz CT molecular complexity index is 10200. The molecule has 0 atom stereocenters. The number of nitrogens with zero attached hydrogens (tertiary/aromatic N) is 12. The van der Waals surface area contributed by atoms with E-state index in [2.05, 4.69) is 469 Å². The fourth-order valence-corrected chi connectivity index (χ4v) is 21.3. The van der Waals surface area contributed by atoms with Gasteiger partial charge in [-0.05, 0) is 150 Å². The normalized spacial score (nSPS) is 11.5. The maximum Gasteiger partial charge on any atom is 0.164 e. The molecule has 29 aromatic rings. The van der Waals surface area contributed by atoms with Crippen molar-refractivity contribution in [3.8, 4) is 142 Å². The molecule has 0 bridgehead atoms. The molecule has 23 aromatic carbocycles. The van der Waals surface area contributed by atoms with E-state index in [0.29, 0.717) is 52.4 Å². The van der Waals surface area contributed by atoms with Crippen LogP contribution in [0.3, 0.4) is 0 Å². The van der Waals surface area contributed by atoms with Gasteiger partial charge in [-0.3, -0.25) is 0 Å². The summed E-state index contributed by atoms with van der Waals surface area (Å²) in [6.07, 6.45) is 0. The lowest BCUT2D eigenvalue weighted by molar-refractivity contribution is 1.07. The molecular formula is C135H86N12. The van der Waals surface area contributed by atoms with Crippen LogP contribution in [0.5, 0.6) is 0 Å². The van der Waals surface area contributed by atoms with Gasteiger partial charge in [0.25, 0.3) is 0 Å². The highest BCUT2D eigenvalue weighted by Gasteiger charge is 2.26. The quantitative estimate of drug-likeness (QED) is 0.104. The van der Waals surface area contributed by atoms with Crippen molar-refractivity contribution in [1.82, 2.24) is 58.6 Å². The van der Waals surface area contributed by atoms with Crippen molar-refractivity contribution >= 4 is 130 Å². The van der Waals surface area contributed by atoms with Crippen molar-refractivity contribution in [3.05, 3.63) is 522 Å². The van der Waals surface area contributed by atoms with Gasteiger partial charge in [0.2, 0.25) is 0 Å². The van der Waals surface area contributed by atoms with Gasteiger partial charge in [0.1, 0.15) is 0 Å². The summed E-state index contributed by atoms with van der Waals surface area (Å²) < 4.78 is 7.21. The van der Waals surface area contributed by atoms with Gasteiger partial charge in [0, 0.05) is 104 Å². The second-order valence-electron chi connectivity index (χ2n) is 37.1. The molecule has 6 heterocycles. The predicted molar refractivity (Wildman–Crippen MR) is 607 cm³/mol.